The summed E-state index contributed by atoms with van der Waals surface area (Å²) in [5.74, 6) is -0.678. The van der Waals surface area contributed by atoms with Crippen LogP contribution in [0.5, 0.6) is 0 Å². The number of carbonyl (C=O) groups excluding carboxylic acids is 1. The molecule has 6 nitrogen and oxygen atoms in total. The Kier molecular flexibility index (Phi) is 5.70. The van der Waals surface area contributed by atoms with Gasteiger partial charge in [0.15, 0.2) is 11.5 Å². The number of aromatic nitrogens is 2. The summed E-state index contributed by atoms with van der Waals surface area (Å²) in [6.45, 7) is 3.44. The van der Waals surface area contributed by atoms with E-state index >= 15 is 0 Å². The Balaban J connectivity index is 2.06. The van der Waals surface area contributed by atoms with E-state index in [0.717, 1.165) is 0 Å². The van der Waals surface area contributed by atoms with Crippen molar-refractivity contribution in [2.24, 2.45) is 0 Å². The van der Waals surface area contributed by atoms with Crippen molar-refractivity contribution in [3.05, 3.63) is 76.9 Å². The molecule has 0 aliphatic carbocycles. The molecule has 0 radical (unpaired) electrons. The first-order valence-corrected chi connectivity index (χ1v) is 8.68. The zero-order chi connectivity index (χ0) is 20.1. The van der Waals surface area contributed by atoms with Crippen molar-refractivity contribution < 1.29 is 18.8 Å². The lowest BCUT2D eigenvalue weighted by Crippen LogP contribution is -2.21. The lowest BCUT2D eigenvalue weighted by Gasteiger charge is -2.13. The van der Waals surface area contributed by atoms with Crippen LogP contribution in [0.2, 0.25) is 0 Å². The third kappa shape index (κ3) is 3.86. The quantitative estimate of drug-likeness (QED) is 0.611. The zero-order valence-corrected chi connectivity index (χ0v) is 15.5. The Morgan fingerprint density at radius 1 is 1.25 bits per heavy atom. The molecule has 0 unspecified atom stereocenters. The fourth-order valence-corrected chi connectivity index (χ4v) is 2.73. The molecule has 0 amide bonds. The number of esters is 1. The van der Waals surface area contributed by atoms with Gasteiger partial charge in [0, 0.05) is 11.1 Å². The summed E-state index contributed by atoms with van der Waals surface area (Å²) in [6.07, 6.45) is 0. The molecule has 2 aromatic carbocycles. The summed E-state index contributed by atoms with van der Waals surface area (Å²) in [7, 11) is 0. The van der Waals surface area contributed by atoms with Crippen molar-refractivity contribution in [2.45, 2.75) is 20.5 Å². The molecule has 0 saturated heterocycles. The highest BCUT2D eigenvalue weighted by Gasteiger charge is 2.24. The van der Waals surface area contributed by atoms with Gasteiger partial charge in [0.1, 0.15) is 12.4 Å². The highest BCUT2D eigenvalue weighted by molar-refractivity contribution is 5.89. The first kappa shape index (κ1) is 19.1. The van der Waals surface area contributed by atoms with E-state index in [-0.39, 0.29) is 18.9 Å². The Morgan fingerprint density at radius 3 is 2.75 bits per heavy atom. The number of halogens is 1. The Hall–Kier alpha value is -3.66. The highest BCUT2D eigenvalue weighted by atomic mass is 19.1. The van der Waals surface area contributed by atoms with Crippen LogP contribution in [0.4, 0.5) is 4.39 Å². The van der Waals surface area contributed by atoms with E-state index in [1.807, 2.05) is 0 Å². The predicted molar refractivity (Wildman–Crippen MR) is 99.8 cm³/mol. The number of rotatable bonds is 6. The lowest BCUT2D eigenvalue weighted by atomic mass is 10.1. The maximum atomic E-state index is 14.0. The summed E-state index contributed by atoms with van der Waals surface area (Å²) in [4.78, 5) is 22.7. The second kappa shape index (κ2) is 8.35. The summed E-state index contributed by atoms with van der Waals surface area (Å²) in [6, 6.07) is 15.0. The summed E-state index contributed by atoms with van der Waals surface area (Å²) in [5, 5.41) is 9.15. The van der Waals surface area contributed by atoms with Crippen molar-refractivity contribution in [2.75, 3.05) is 6.61 Å². The van der Waals surface area contributed by atoms with Gasteiger partial charge in [0.2, 0.25) is 0 Å². The van der Waals surface area contributed by atoms with E-state index in [4.69, 9.17) is 14.8 Å². The molecule has 1 heterocycles. The van der Waals surface area contributed by atoms with Gasteiger partial charge in [0.05, 0.1) is 23.9 Å². The van der Waals surface area contributed by atoms with Gasteiger partial charge in [-0.3, -0.25) is 0 Å². The molecule has 0 saturated carbocycles. The molecule has 0 fully saturated rings. The summed E-state index contributed by atoms with van der Waals surface area (Å²) in [5.41, 5.74) is 1.89. The second-order valence-corrected chi connectivity index (χ2v) is 5.94. The van der Waals surface area contributed by atoms with Crippen LogP contribution in [-0.2, 0) is 11.3 Å². The van der Waals surface area contributed by atoms with Gasteiger partial charge < -0.3 is 9.57 Å². The smallest absolute Gasteiger partial charge is 0.360 e. The minimum Gasteiger partial charge on any atom is -0.461 e. The van der Waals surface area contributed by atoms with E-state index in [0.29, 0.717) is 28.2 Å². The molecule has 7 heteroatoms. The summed E-state index contributed by atoms with van der Waals surface area (Å²) >= 11 is 0. The number of carbonyl (C=O) groups is 1. The van der Waals surface area contributed by atoms with Crippen LogP contribution in [0.25, 0.3) is 11.4 Å². The normalized spacial score (nSPS) is 10.4. The molecule has 28 heavy (non-hydrogen) atoms. The third-order valence-electron chi connectivity index (χ3n) is 4.04. The van der Waals surface area contributed by atoms with Crippen LogP contribution in [-0.4, -0.2) is 22.3 Å². The number of benzene rings is 2. The number of nitrogens with zero attached hydrogens (tertiary/aromatic N) is 3. The maximum absolute atomic E-state index is 14.0. The molecule has 1 aromatic heterocycles. The van der Waals surface area contributed by atoms with E-state index in [1.54, 1.807) is 56.3 Å². The van der Waals surface area contributed by atoms with Gasteiger partial charge >= 0.3 is 5.97 Å². The molecule has 3 aromatic rings. The monoisotopic (exact) mass is 379 g/mol. The zero-order valence-electron chi connectivity index (χ0n) is 15.5. The van der Waals surface area contributed by atoms with Gasteiger partial charge in [-0.05, 0) is 32.0 Å². The molecule has 0 spiro atoms. The topological polar surface area (TPSA) is 77.1 Å². The van der Waals surface area contributed by atoms with E-state index in [1.165, 1.54) is 10.8 Å². The Labute approximate surface area is 161 Å². The fraction of sp³-hybridized carbons (Fsp3) is 0.190. The second-order valence-electron chi connectivity index (χ2n) is 5.94. The van der Waals surface area contributed by atoms with E-state index in [2.05, 4.69) is 11.1 Å². The molecule has 0 N–H and O–H groups in total. The average molecular weight is 379 g/mol. The van der Waals surface area contributed by atoms with Crippen molar-refractivity contribution in [3.8, 4) is 17.5 Å². The minimum atomic E-state index is -0.594. The number of hydrogen-bond donors (Lipinski definition) is 0. The van der Waals surface area contributed by atoms with Crippen molar-refractivity contribution in [3.63, 3.8) is 0 Å². The molecule has 0 aliphatic rings. The van der Waals surface area contributed by atoms with Crippen LogP contribution in [0.3, 0.4) is 0 Å². The molecule has 0 aliphatic heterocycles. The third-order valence-corrected chi connectivity index (χ3v) is 4.04. The molecular formula is C21H18FN3O3. The van der Waals surface area contributed by atoms with Crippen molar-refractivity contribution in [1.82, 2.24) is 9.71 Å². The maximum Gasteiger partial charge on any atom is 0.360 e. The van der Waals surface area contributed by atoms with Gasteiger partial charge in [-0.25, -0.2) is 14.2 Å². The molecule has 0 bridgehead atoms. The standard InChI is InChI=1S/C21H18FN3O3/c1-3-27-21(26)19-14(2)24-20(16-9-6-7-15(11-16)12-23)25(19)28-13-17-8-4-5-10-18(17)22/h4-11H,3,13H2,1-2H3. The van der Waals surface area contributed by atoms with E-state index < -0.39 is 11.8 Å². The fourth-order valence-electron chi connectivity index (χ4n) is 2.73. The number of imidazole rings is 1. The van der Waals surface area contributed by atoms with Crippen molar-refractivity contribution in [1.29, 1.82) is 5.26 Å². The predicted octanol–water partition coefficient (Wildman–Crippen LogP) is 3.67. The molecule has 3 rings (SSSR count). The van der Waals surface area contributed by atoms with Gasteiger partial charge in [-0.2, -0.15) is 9.99 Å². The Morgan fingerprint density at radius 2 is 2.04 bits per heavy atom. The summed E-state index contributed by atoms with van der Waals surface area (Å²) < 4.78 is 20.3. The van der Waals surface area contributed by atoms with Crippen LogP contribution in [0.15, 0.2) is 48.5 Å². The van der Waals surface area contributed by atoms with Crippen LogP contribution >= 0.6 is 0 Å². The number of aryl methyl sites for hydroxylation is 1. The largest absolute Gasteiger partial charge is 0.461 e. The van der Waals surface area contributed by atoms with Crippen LogP contribution in [0.1, 0.15) is 34.2 Å². The molecule has 0 atom stereocenters. The number of ether oxygens (including phenoxy) is 1. The minimum absolute atomic E-state index is 0.111. The first-order chi connectivity index (χ1) is 13.5. The Bertz CT molecular complexity index is 1050. The number of nitriles is 1. The van der Waals surface area contributed by atoms with Gasteiger partial charge in [-0.15, -0.1) is 0 Å². The van der Waals surface area contributed by atoms with E-state index in [9.17, 15) is 9.18 Å². The molecule has 142 valence electrons. The SMILES string of the molecule is CCOC(=O)c1c(C)nc(-c2cccc(C#N)c2)n1OCc1ccccc1F. The lowest BCUT2D eigenvalue weighted by molar-refractivity contribution is 0.0424. The highest BCUT2D eigenvalue weighted by Crippen LogP contribution is 2.24. The van der Waals surface area contributed by atoms with Crippen molar-refractivity contribution >= 4 is 5.97 Å². The van der Waals surface area contributed by atoms with Gasteiger partial charge in [-0.1, -0.05) is 30.3 Å². The van der Waals surface area contributed by atoms with Gasteiger partial charge in [0.25, 0.3) is 0 Å². The van der Waals surface area contributed by atoms with Crippen LogP contribution < -0.4 is 4.84 Å². The molecular weight excluding hydrogens is 361 g/mol. The number of hydrogen-bond acceptors (Lipinski definition) is 5. The first-order valence-electron chi connectivity index (χ1n) is 8.68. The average Bonchev–Trinajstić information content (AvgIpc) is 3.04. The van der Waals surface area contributed by atoms with Crippen LogP contribution in [0, 0.1) is 24.1 Å².